The third kappa shape index (κ3) is 2.73. The quantitative estimate of drug-likeness (QED) is 0.642. The van der Waals surface area contributed by atoms with Gasteiger partial charge in [-0.15, -0.1) is 0 Å². The number of hydrogen-bond acceptors (Lipinski definition) is 3. The summed E-state index contributed by atoms with van der Waals surface area (Å²) in [6.07, 6.45) is 1.52. The van der Waals surface area contributed by atoms with E-state index < -0.39 is 0 Å². The molecule has 2 N–H and O–H groups in total. The van der Waals surface area contributed by atoms with E-state index in [9.17, 15) is 0 Å². The Hall–Kier alpha value is -0.120. The number of rotatable bonds is 4. The molecule has 2 unspecified atom stereocenters. The molecule has 0 radical (unpaired) electrons. The average molecular weight is 172 g/mol. The molecule has 1 aliphatic heterocycles. The van der Waals surface area contributed by atoms with E-state index in [2.05, 4.69) is 24.5 Å². The Labute approximate surface area is 74.9 Å². The van der Waals surface area contributed by atoms with E-state index in [0.717, 1.165) is 19.6 Å². The van der Waals surface area contributed by atoms with Crippen molar-refractivity contribution in [3.8, 4) is 0 Å². The van der Waals surface area contributed by atoms with E-state index >= 15 is 0 Å². The lowest BCUT2D eigenvalue weighted by atomic mass is 10.0. The highest BCUT2D eigenvalue weighted by atomic mass is 16.5. The SMILES string of the molecule is COC(C)CNC1(C)CCNC1. The Bertz CT molecular complexity index is 132. The van der Waals surface area contributed by atoms with Crippen LogP contribution < -0.4 is 10.6 Å². The summed E-state index contributed by atoms with van der Waals surface area (Å²) in [5.74, 6) is 0. The van der Waals surface area contributed by atoms with Crippen molar-refractivity contribution in [3.05, 3.63) is 0 Å². The minimum Gasteiger partial charge on any atom is -0.380 e. The van der Waals surface area contributed by atoms with Gasteiger partial charge in [-0.2, -0.15) is 0 Å². The van der Waals surface area contributed by atoms with Crippen LogP contribution in [-0.4, -0.2) is 38.4 Å². The lowest BCUT2D eigenvalue weighted by Gasteiger charge is -2.26. The van der Waals surface area contributed by atoms with Crippen LogP contribution in [0.3, 0.4) is 0 Å². The van der Waals surface area contributed by atoms with Crippen LogP contribution in [-0.2, 0) is 4.74 Å². The van der Waals surface area contributed by atoms with Crippen LogP contribution in [0.1, 0.15) is 20.3 Å². The van der Waals surface area contributed by atoms with Gasteiger partial charge in [0.1, 0.15) is 0 Å². The van der Waals surface area contributed by atoms with Crippen LogP contribution in [0.4, 0.5) is 0 Å². The van der Waals surface area contributed by atoms with Gasteiger partial charge in [0, 0.05) is 25.7 Å². The van der Waals surface area contributed by atoms with E-state index in [1.165, 1.54) is 6.42 Å². The van der Waals surface area contributed by atoms with Gasteiger partial charge >= 0.3 is 0 Å². The molecular formula is C9H20N2O. The highest BCUT2D eigenvalue weighted by molar-refractivity contribution is 4.91. The fraction of sp³-hybridized carbons (Fsp3) is 1.00. The second-order valence-corrected chi connectivity index (χ2v) is 3.91. The Balaban J connectivity index is 2.21. The van der Waals surface area contributed by atoms with Crippen LogP contribution in [0.25, 0.3) is 0 Å². The van der Waals surface area contributed by atoms with Crippen molar-refractivity contribution in [3.63, 3.8) is 0 Å². The highest BCUT2D eigenvalue weighted by Gasteiger charge is 2.27. The van der Waals surface area contributed by atoms with Crippen LogP contribution in [0, 0.1) is 0 Å². The summed E-state index contributed by atoms with van der Waals surface area (Å²) in [5, 5.41) is 6.87. The summed E-state index contributed by atoms with van der Waals surface area (Å²) in [5.41, 5.74) is 0.285. The van der Waals surface area contributed by atoms with E-state index in [1.54, 1.807) is 7.11 Å². The van der Waals surface area contributed by atoms with E-state index in [-0.39, 0.29) is 5.54 Å². The van der Waals surface area contributed by atoms with Gasteiger partial charge in [-0.1, -0.05) is 0 Å². The van der Waals surface area contributed by atoms with E-state index in [0.29, 0.717) is 6.10 Å². The maximum absolute atomic E-state index is 5.17. The predicted octanol–water partition coefficient (Wildman–Crippen LogP) is 0.363. The molecule has 0 aliphatic carbocycles. The fourth-order valence-electron chi connectivity index (χ4n) is 1.44. The van der Waals surface area contributed by atoms with Crippen molar-refractivity contribution in [2.75, 3.05) is 26.7 Å². The zero-order valence-electron chi connectivity index (χ0n) is 8.31. The zero-order chi connectivity index (χ0) is 9.03. The maximum atomic E-state index is 5.17. The molecule has 0 aromatic heterocycles. The van der Waals surface area contributed by atoms with E-state index in [1.807, 2.05) is 0 Å². The third-order valence-electron chi connectivity index (χ3n) is 2.59. The lowest BCUT2D eigenvalue weighted by Crippen LogP contribution is -2.47. The number of methoxy groups -OCH3 is 1. The molecule has 12 heavy (non-hydrogen) atoms. The number of hydrogen-bond donors (Lipinski definition) is 2. The molecule has 1 heterocycles. The standard InChI is InChI=1S/C9H20N2O/c1-8(12-3)6-11-9(2)4-5-10-7-9/h8,10-11H,4-7H2,1-3H3. The summed E-state index contributed by atoms with van der Waals surface area (Å²) in [6, 6.07) is 0. The van der Waals surface area contributed by atoms with Crippen molar-refractivity contribution in [2.45, 2.75) is 31.9 Å². The van der Waals surface area contributed by atoms with Gasteiger partial charge in [0.25, 0.3) is 0 Å². The molecule has 0 saturated carbocycles. The summed E-state index contributed by atoms with van der Waals surface area (Å²) in [6.45, 7) is 7.48. The summed E-state index contributed by atoms with van der Waals surface area (Å²) in [4.78, 5) is 0. The van der Waals surface area contributed by atoms with Gasteiger partial charge in [-0.3, -0.25) is 0 Å². The molecule has 2 atom stereocenters. The van der Waals surface area contributed by atoms with Crippen molar-refractivity contribution in [1.29, 1.82) is 0 Å². The molecular weight excluding hydrogens is 152 g/mol. The number of nitrogens with one attached hydrogen (secondary N) is 2. The number of ether oxygens (including phenoxy) is 1. The Morgan fingerprint density at radius 1 is 1.67 bits per heavy atom. The largest absolute Gasteiger partial charge is 0.380 e. The first kappa shape index (κ1) is 9.96. The second kappa shape index (κ2) is 4.21. The summed E-state index contributed by atoms with van der Waals surface area (Å²) < 4.78 is 5.17. The second-order valence-electron chi connectivity index (χ2n) is 3.91. The molecule has 3 nitrogen and oxygen atoms in total. The minimum atomic E-state index is 0.285. The minimum absolute atomic E-state index is 0.285. The van der Waals surface area contributed by atoms with Crippen molar-refractivity contribution in [2.24, 2.45) is 0 Å². The first-order chi connectivity index (χ1) is 5.66. The summed E-state index contributed by atoms with van der Waals surface area (Å²) in [7, 11) is 1.75. The lowest BCUT2D eigenvalue weighted by molar-refractivity contribution is 0.109. The monoisotopic (exact) mass is 172 g/mol. The van der Waals surface area contributed by atoms with Crippen molar-refractivity contribution < 1.29 is 4.74 Å². The first-order valence-electron chi connectivity index (χ1n) is 4.65. The fourth-order valence-corrected chi connectivity index (χ4v) is 1.44. The van der Waals surface area contributed by atoms with Crippen LogP contribution in [0.5, 0.6) is 0 Å². The normalized spacial score (nSPS) is 32.2. The third-order valence-corrected chi connectivity index (χ3v) is 2.59. The smallest absolute Gasteiger partial charge is 0.0667 e. The Kier molecular flexibility index (Phi) is 3.50. The Morgan fingerprint density at radius 2 is 2.42 bits per heavy atom. The average Bonchev–Trinajstić information content (AvgIpc) is 2.49. The van der Waals surface area contributed by atoms with Crippen molar-refractivity contribution in [1.82, 2.24) is 10.6 Å². The first-order valence-corrected chi connectivity index (χ1v) is 4.65. The topological polar surface area (TPSA) is 33.3 Å². The van der Waals surface area contributed by atoms with Crippen LogP contribution in [0.15, 0.2) is 0 Å². The van der Waals surface area contributed by atoms with Gasteiger partial charge in [0.2, 0.25) is 0 Å². The molecule has 0 spiro atoms. The van der Waals surface area contributed by atoms with Crippen LogP contribution >= 0.6 is 0 Å². The van der Waals surface area contributed by atoms with E-state index in [4.69, 9.17) is 4.74 Å². The predicted molar refractivity (Wildman–Crippen MR) is 50.4 cm³/mol. The molecule has 3 heteroatoms. The molecule has 1 saturated heterocycles. The molecule has 0 amide bonds. The molecule has 0 bridgehead atoms. The molecule has 0 aromatic rings. The van der Waals surface area contributed by atoms with Gasteiger partial charge in [0.15, 0.2) is 0 Å². The van der Waals surface area contributed by atoms with Crippen molar-refractivity contribution >= 4 is 0 Å². The molecule has 0 aromatic carbocycles. The zero-order valence-corrected chi connectivity index (χ0v) is 8.31. The molecule has 1 aliphatic rings. The van der Waals surface area contributed by atoms with Gasteiger partial charge in [-0.05, 0) is 26.8 Å². The van der Waals surface area contributed by atoms with Gasteiger partial charge in [-0.25, -0.2) is 0 Å². The molecule has 72 valence electrons. The molecule has 1 fully saturated rings. The van der Waals surface area contributed by atoms with Gasteiger partial charge in [0.05, 0.1) is 6.10 Å². The highest BCUT2D eigenvalue weighted by Crippen LogP contribution is 2.12. The Morgan fingerprint density at radius 3 is 2.92 bits per heavy atom. The maximum Gasteiger partial charge on any atom is 0.0667 e. The van der Waals surface area contributed by atoms with Gasteiger partial charge < -0.3 is 15.4 Å². The molecule has 1 rings (SSSR count). The van der Waals surface area contributed by atoms with Crippen LogP contribution in [0.2, 0.25) is 0 Å². The summed E-state index contributed by atoms with van der Waals surface area (Å²) >= 11 is 0.